The van der Waals surface area contributed by atoms with Gasteiger partial charge in [-0.05, 0) is 24.6 Å². The third-order valence-electron chi connectivity index (χ3n) is 2.67. The number of rotatable bonds is 6. The molecule has 0 spiro atoms. The molecule has 0 aliphatic rings. The zero-order chi connectivity index (χ0) is 15.1. The molecule has 6 heteroatoms. The number of carbonyl (C=O) groups excluding carboxylic acids is 1. The molecule has 0 aliphatic heterocycles. The van der Waals surface area contributed by atoms with Crippen LogP contribution in [0.25, 0.3) is 0 Å². The van der Waals surface area contributed by atoms with E-state index in [1.807, 2.05) is 0 Å². The zero-order valence-corrected chi connectivity index (χ0v) is 12.1. The predicted octanol–water partition coefficient (Wildman–Crippen LogP) is 3.11. The van der Waals surface area contributed by atoms with Crippen LogP contribution in [0.3, 0.4) is 0 Å². The van der Waals surface area contributed by atoms with Crippen LogP contribution < -0.4 is 15.8 Å². The van der Waals surface area contributed by atoms with Gasteiger partial charge in [0.25, 0.3) is 0 Å². The van der Waals surface area contributed by atoms with E-state index >= 15 is 0 Å². The van der Waals surface area contributed by atoms with E-state index in [2.05, 4.69) is 10.3 Å². The number of nitrogens with zero attached hydrogens (tertiary/aromatic N) is 1. The quantitative estimate of drug-likeness (QED) is 0.635. The Hall–Kier alpha value is -2.27. The third kappa shape index (κ3) is 5.31. The molecule has 0 aliphatic carbocycles. The monoisotopic (exact) mass is 305 g/mol. The van der Waals surface area contributed by atoms with Crippen LogP contribution in [-0.2, 0) is 4.79 Å². The Labute approximate surface area is 128 Å². The second-order valence-corrected chi connectivity index (χ2v) is 4.90. The van der Waals surface area contributed by atoms with E-state index in [1.54, 1.807) is 36.5 Å². The maximum Gasteiger partial charge on any atom is 0.224 e. The van der Waals surface area contributed by atoms with Crippen molar-refractivity contribution in [2.24, 2.45) is 0 Å². The molecule has 0 saturated heterocycles. The molecule has 2 rings (SSSR count). The van der Waals surface area contributed by atoms with Crippen molar-refractivity contribution in [3.05, 3.63) is 47.7 Å². The minimum Gasteiger partial charge on any atom is -0.492 e. The fourth-order valence-corrected chi connectivity index (χ4v) is 1.90. The number of anilines is 2. The highest BCUT2D eigenvalue weighted by atomic mass is 35.5. The molecule has 2 aromatic rings. The number of benzene rings is 1. The number of hydrogen-bond donors (Lipinski definition) is 2. The van der Waals surface area contributed by atoms with Crippen molar-refractivity contribution >= 4 is 28.9 Å². The van der Waals surface area contributed by atoms with Gasteiger partial charge in [-0.1, -0.05) is 17.7 Å². The first-order valence-electron chi connectivity index (χ1n) is 6.52. The summed E-state index contributed by atoms with van der Waals surface area (Å²) in [5, 5.41) is 3.30. The van der Waals surface area contributed by atoms with Crippen LogP contribution in [0.2, 0.25) is 5.02 Å². The first-order chi connectivity index (χ1) is 10.1. The molecule has 1 heterocycles. The molecule has 1 aromatic carbocycles. The number of amides is 1. The van der Waals surface area contributed by atoms with Gasteiger partial charge in [0.05, 0.1) is 17.8 Å². The average Bonchev–Trinajstić information content (AvgIpc) is 2.44. The molecule has 21 heavy (non-hydrogen) atoms. The highest BCUT2D eigenvalue weighted by Crippen LogP contribution is 2.15. The van der Waals surface area contributed by atoms with Crippen LogP contribution in [-0.4, -0.2) is 17.5 Å². The summed E-state index contributed by atoms with van der Waals surface area (Å²) in [6.45, 7) is 0.423. The van der Waals surface area contributed by atoms with Crippen LogP contribution in [0, 0.1) is 0 Å². The molecule has 1 aromatic heterocycles. The largest absolute Gasteiger partial charge is 0.492 e. The zero-order valence-electron chi connectivity index (χ0n) is 11.4. The molecule has 0 unspecified atom stereocenters. The van der Waals surface area contributed by atoms with E-state index in [9.17, 15) is 4.79 Å². The van der Waals surface area contributed by atoms with E-state index in [-0.39, 0.29) is 5.91 Å². The Bertz CT molecular complexity index is 619. The number of aromatic nitrogens is 1. The molecule has 5 nitrogen and oxygen atoms in total. The van der Waals surface area contributed by atoms with Gasteiger partial charge >= 0.3 is 0 Å². The van der Waals surface area contributed by atoms with E-state index in [1.165, 1.54) is 6.20 Å². The maximum atomic E-state index is 11.7. The lowest BCUT2D eigenvalue weighted by Crippen LogP contribution is -2.13. The fraction of sp³-hybridized carbons (Fsp3) is 0.200. The van der Waals surface area contributed by atoms with Crippen LogP contribution >= 0.6 is 11.6 Å². The lowest BCUT2D eigenvalue weighted by Gasteiger charge is -2.07. The maximum absolute atomic E-state index is 11.7. The van der Waals surface area contributed by atoms with Crippen molar-refractivity contribution in [1.82, 2.24) is 4.98 Å². The van der Waals surface area contributed by atoms with E-state index < -0.39 is 0 Å². The smallest absolute Gasteiger partial charge is 0.224 e. The van der Waals surface area contributed by atoms with Crippen LogP contribution in [0.1, 0.15) is 12.8 Å². The van der Waals surface area contributed by atoms with Crippen molar-refractivity contribution in [2.75, 3.05) is 17.7 Å². The molecule has 0 bridgehead atoms. The van der Waals surface area contributed by atoms with E-state index in [4.69, 9.17) is 22.1 Å². The predicted molar refractivity (Wildman–Crippen MR) is 83.5 cm³/mol. The lowest BCUT2D eigenvalue weighted by molar-refractivity contribution is -0.116. The molecule has 0 saturated carbocycles. The molecule has 0 fully saturated rings. The van der Waals surface area contributed by atoms with Gasteiger partial charge in [0.15, 0.2) is 0 Å². The summed E-state index contributed by atoms with van der Waals surface area (Å²) in [6, 6.07) is 8.75. The first-order valence-corrected chi connectivity index (χ1v) is 6.90. The second kappa shape index (κ2) is 7.50. The molecule has 0 radical (unpaired) electrons. The molecule has 0 atom stereocenters. The summed E-state index contributed by atoms with van der Waals surface area (Å²) in [6.07, 6.45) is 4.08. The van der Waals surface area contributed by atoms with Crippen LogP contribution in [0.15, 0.2) is 42.7 Å². The minimum atomic E-state index is -0.0755. The van der Waals surface area contributed by atoms with Crippen molar-refractivity contribution in [1.29, 1.82) is 0 Å². The molecular weight excluding hydrogens is 290 g/mol. The summed E-state index contributed by atoms with van der Waals surface area (Å²) >= 11 is 5.79. The summed E-state index contributed by atoms with van der Waals surface area (Å²) in [7, 11) is 0. The normalized spacial score (nSPS) is 10.1. The Morgan fingerprint density at radius 3 is 2.95 bits per heavy atom. The van der Waals surface area contributed by atoms with Crippen molar-refractivity contribution < 1.29 is 9.53 Å². The minimum absolute atomic E-state index is 0.0755. The molecule has 110 valence electrons. The van der Waals surface area contributed by atoms with Crippen molar-refractivity contribution in [3.63, 3.8) is 0 Å². The lowest BCUT2D eigenvalue weighted by atomic mass is 10.2. The van der Waals surface area contributed by atoms with Crippen molar-refractivity contribution in [2.45, 2.75) is 12.8 Å². The standard InChI is InChI=1S/C15H16ClN3O2/c16-11-7-14(10-18-9-11)21-6-2-5-15(20)19-13-4-1-3-12(17)8-13/h1,3-4,7-10H,2,5-6,17H2,(H,19,20). The third-order valence-corrected chi connectivity index (χ3v) is 2.87. The van der Waals surface area contributed by atoms with Crippen LogP contribution in [0.4, 0.5) is 11.4 Å². The molecule has 3 N–H and O–H groups in total. The summed E-state index contributed by atoms with van der Waals surface area (Å²) in [5.41, 5.74) is 6.95. The number of nitrogen functional groups attached to an aromatic ring is 1. The topological polar surface area (TPSA) is 77.2 Å². The Morgan fingerprint density at radius 2 is 2.19 bits per heavy atom. The summed E-state index contributed by atoms with van der Waals surface area (Å²) in [4.78, 5) is 15.7. The van der Waals surface area contributed by atoms with Crippen LogP contribution in [0.5, 0.6) is 5.75 Å². The van der Waals surface area contributed by atoms with Crippen molar-refractivity contribution in [3.8, 4) is 5.75 Å². The van der Waals surface area contributed by atoms with Gasteiger partial charge < -0.3 is 15.8 Å². The second-order valence-electron chi connectivity index (χ2n) is 4.46. The SMILES string of the molecule is Nc1cccc(NC(=O)CCCOc2cncc(Cl)c2)c1. The highest BCUT2D eigenvalue weighted by molar-refractivity contribution is 6.30. The van der Waals surface area contributed by atoms with Gasteiger partial charge in [-0.25, -0.2) is 0 Å². The van der Waals surface area contributed by atoms with Gasteiger partial charge in [-0.2, -0.15) is 0 Å². The molecule has 1 amide bonds. The summed E-state index contributed by atoms with van der Waals surface area (Å²) < 4.78 is 5.46. The van der Waals surface area contributed by atoms with E-state index in [0.29, 0.717) is 41.6 Å². The highest BCUT2D eigenvalue weighted by Gasteiger charge is 2.03. The van der Waals surface area contributed by atoms with Gasteiger partial charge in [0.2, 0.25) is 5.91 Å². The Kier molecular flexibility index (Phi) is 5.40. The molecular formula is C15H16ClN3O2. The summed E-state index contributed by atoms with van der Waals surface area (Å²) in [5.74, 6) is 0.521. The average molecular weight is 306 g/mol. The Morgan fingerprint density at radius 1 is 1.33 bits per heavy atom. The van der Waals surface area contributed by atoms with Gasteiger partial charge in [0, 0.05) is 30.1 Å². The number of carbonyl (C=O) groups is 1. The number of nitrogens with one attached hydrogen (secondary N) is 1. The number of hydrogen-bond acceptors (Lipinski definition) is 4. The van der Waals surface area contributed by atoms with Gasteiger partial charge in [0.1, 0.15) is 5.75 Å². The van der Waals surface area contributed by atoms with Gasteiger partial charge in [-0.15, -0.1) is 0 Å². The fourth-order valence-electron chi connectivity index (χ4n) is 1.73. The van der Waals surface area contributed by atoms with Gasteiger partial charge in [-0.3, -0.25) is 9.78 Å². The first kappa shape index (κ1) is 15.1. The number of ether oxygens (including phenoxy) is 1. The Balaban J connectivity index is 1.70. The number of halogens is 1. The number of nitrogens with two attached hydrogens (primary N) is 1. The van der Waals surface area contributed by atoms with E-state index in [0.717, 1.165) is 0 Å². The number of pyridine rings is 1.